The molecule has 3 aliphatic rings. The van der Waals surface area contributed by atoms with Crippen molar-refractivity contribution < 1.29 is 0 Å². The van der Waals surface area contributed by atoms with Crippen LogP contribution in [0.5, 0.6) is 0 Å². The van der Waals surface area contributed by atoms with Gasteiger partial charge >= 0.3 is 0 Å². The van der Waals surface area contributed by atoms with E-state index in [4.69, 9.17) is 0 Å². The van der Waals surface area contributed by atoms with Crippen LogP contribution in [0.15, 0.2) is 0 Å². The van der Waals surface area contributed by atoms with Crippen LogP contribution in [0, 0.1) is 10.8 Å². The van der Waals surface area contributed by atoms with Crippen molar-refractivity contribution in [2.75, 3.05) is 26.2 Å². The molecule has 2 saturated heterocycles. The Morgan fingerprint density at radius 1 is 0.778 bits per heavy atom. The van der Waals surface area contributed by atoms with Crippen LogP contribution in [0.2, 0.25) is 0 Å². The maximum atomic E-state index is 2.90. The Morgan fingerprint density at radius 3 is 2.04 bits per heavy atom. The van der Waals surface area contributed by atoms with E-state index in [1.54, 1.807) is 0 Å². The van der Waals surface area contributed by atoms with Crippen molar-refractivity contribution in [1.82, 2.24) is 9.80 Å². The summed E-state index contributed by atoms with van der Waals surface area (Å²) in [5.74, 6) is 0. The molecule has 1 aliphatic carbocycles. The maximum absolute atomic E-state index is 2.90. The van der Waals surface area contributed by atoms with Crippen LogP contribution in [0.1, 0.15) is 104 Å². The van der Waals surface area contributed by atoms with Gasteiger partial charge in [-0.2, -0.15) is 0 Å². The van der Waals surface area contributed by atoms with Gasteiger partial charge < -0.3 is 0 Å². The minimum Gasteiger partial charge on any atom is -0.288 e. The van der Waals surface area contributed by atoms with Gasteiger partial charge in [-0.25, -0.2) is 0 Å². The highest BCUT2D eigenvalue weighted by molar-refractivity contribution is 5.85. The normalized spacial score (nSPS) is 27.9. The van der Waals surface area contributed by atoms with Crippen molar-refractivity contribution in [1.29, 1.82) is 0 Å². The van der Waals surface area contributed by atoms with E-state index in [2.05, 4.69) is 30.6 Å². The molecule has 0 aromatic carbocycles. The first-order valence-electron chi connectivity index (χ1n) is 11.6. The topological polar surface area (TPSA) is 6.48 Å². The molecule has 3 fully saturated rings. The Morgan fingerprint density at radius 2 is 1.44 bits per heavy atom. The first kappa shape index (κ1) is 25.5. The average molecular weight is 422 g/mol. The fourth-order valence-corrected chi connectivity index (χ4v) is 6.56. The van der Waals surface area contributed by atoms with Crippen molar-refractivity contribution in [3.05, 3.63) is 0 Å². The zero-order chi connectivity index (χ0) is 17.8. The summed E-state index contributed by atoms with van der Waals surface area (Å²) >= 11 is 0. The van der Waals surface area contributed by atoms with E-state index in [0.29, 0.717) is 10.8 Å². The van der Waals surface area contributed by atoms with Crippen LogP contribution < -0.4 is 0 Å². The zero-order valence-corrected chi connectivity index (χ0v) is 19.9. The lowest BCUT2D eigenvalue weighted by Crippen LogP contribution is -2.51. The minimum absolute atomic E-state index is 0. The Bertz CT molecular complexity index is 397. The van der Waals surface area contributed by atoms with E-state index < -0.39 is 0 Å². The molecule has 4 heteroatoms. The van der Waals surface area contributed by atoms with Gasteiger partial charge in [0.05, 0.1) is 6.17 Å². The first-order chi connectivity index (χ1) is 12.2. The lowest BCUT2D eigenvalue weighted by atomic mass is 9.60. The van der Waals surface area contributed by atoms with Gasteiger partial charge in [0.15, 0.2) is 0 Å². The Labute approximate surface area is 182 Å². The number of halogens is 2. The molecule has 27 heavy (non-hydrogen) atoms. The molecule has 1 saturated carbocycles. The summed E-state index contributed by atoms with van der Waals surface area (Å²) in [5.41, 5.74) is 1.39. The fourth-order valence-electron chi connectivity index (χ4n) is 6.56. The first-order valence-corrected chi connectivity index (χ1v) is 11.6. The highest BCUT2D eigenvalue weighted by atomic mass is 35.5. The molecule has 0 aromatic rings. The van der Waals surface area contributed by atoms with Gasteiger partial charge in [-0.05, 0) is 94.5 Å². The summed E-state index contributed by atoms with van der Waals surface area (Å²) in [5, 5.41) is 0. The number of rotatable bonds is 7. The Kier molecular flexibility index (Phi) is 11.0. The van der Waals surface area contributed by atoms with Gasteiger partial charge in [0.2, 0.25) is 0 Å². The van der Waals surface area contributed by atoms with Gasteiger partial charge in [0.25, 0.3) is 0 Å². The summed E-state index contributed by atoms with van der Waals surface area (Å²) in [4.78, 5) is 5.71. The summed E-state index contributed by atoms with van der Waals surface area (Å²) in [6.07, 6.45) is 19.7. The molecule has 3 rings (SSSR count). The van der Waals surface area contributed by atoms with E-state index >= 15 is 0 Å². The van der Waals surface area contributed by atoms with E-state index in [9.17, 15) is 0 Å². The molecule has 0 aromatic heterocycles. The second-order valence-corrected chi connectivity index (χ2v) is 9.73. The largest absolute Gasteiger partial charge is 0.288 e. The van der Waals surface area contributed by atoms with Crippen molar-refractivity contribution >= 4 is 24.8 Å². The summed E-state index contributed by atoms with van der Waals surface area (Å²) in [6, 6.07) is 0. The van der Waals surface area contributed by atoms with Gasteiger partial charge in [-0.15, -0.1) is 24.8 Å². The van der Waals surface area contributed by atoms with Crippen molar-refractivity contribution in [2.24, 2.45) is 10.8 Å². The average Bonchev–Trinajstić information content (AvgIpc) is 3.03. The van der Waals surface area contributed by atoms with Gasteiger partial charge in [0, 0.05) is 13.1 Å². The molecular formula is C23H46Cl2N2. The molecule has 1 atom stereocenters. The number of nitrogens with zero attached hydrogens (tertiary/aromatic N) is 2. The van der Waals surface area contributed by atoms with E-state index in [0.717, 1.165) is 6.17 Å². The van der Waals surface area contributed by atoms with Crippen LogP contribution in [-0.2, 0) is 0 Å². The third-order valence-electron chi connectivity index (χ3n) is 7.91. The number of likely N-dealkylation sites (tertiary alicyclic amines) is 2. The number of hydrogen-bond donors (Lipinski definition) is 0. The standard InChI is InChI=1S/C23H44N2.2ClH/c1-4-10-22(11-5-2)12-14-23(15-13-22)16-19-25(20-23)21-9-7-8-18-24(21)17-6-3;;/h21H,4-20H2,1-3H3;2*1H. The van der Waals surface area contributed by atoms with Crippen LogP contribution in [0.3, 0.4) is 0 Å². The van der Waals surface area contributed by atoms with Gasteiger partial charge in [-0.1, -0.05) is 33.6 Å². The van der Waals surface area contributed by atoms with Crippen LogP contribution in [0.4, 0.5) is 0 Å². The Balaban J connectivity index is 0.00000182. The lowest BCUT2D eigenvalue weighted by Gasteiger charge is -2.46. The summed E-state index contributed by atoms with van der Waals surface area (Å²) < 4.78 is 0. The lowest BCUT2D eigenvalue weighted by molar-refractivity contribution is 0.00865. The Hall–Kier alpha value is 0.500. The molecule has 0 radical (unpaired) electrons. The van der Waals surface area contributed by atoms with Crippen LogP contribution in [0.25, 0.3) is 0 Å². The van der Waals surface area contributed by atoms with Crippen LogP contribution in [-0.4, -0.2) is 42.1 Å². The molecule has 1 unspecified atom stereocenters. The second kappa shape index (κ2) is 11.6. The molecular weight excluding hydrogens is 375 g/mol. The summed E-state index contributed by atoms with van der Waals surface area (Å²) in [6.45, 7) is 12.6. The van der Waals surface area contributed by atoms with E-state index in [-0.39, 0.29) is 24.8 Å². The molecule has 162 valence electrons. The molecule has 2 heterocycles. The highest BCUT2D eigenvalue weighted by Crippen LogP contribution is 2.54. The third kappa shape index (κ3) is 6.00. The van der Waals surface area contributed by atoms with E-state index in [1.807, 2.05) is 0 Å². The predicted molar refractivity (Wildman–Crippen MR) is 123 cm³/mol. The molecule has 2 nitrogen and oxygen atoms in total. The predicted octanol–water partition coefficient (Wildman–Crippen LogP) is 6.90. The van der Waals surface area contributed by atoms with Crippen LogP contribution >= 0.6 is 24.8 Å². The third-order valence-corrected chi connectivity index (χ3v) is 7.91. The molecule has 0 N–H and O–H groups in total. The highest BCUT2D eigenvalue weighted by Gasteiger charge is 2.47. The zero-order valence-electron chi connectivity index (χ0n) is 18.3. The fraction of sp³-hybridized carbons (Fsp3) is 1.00. The number of hydrogen-bond acceptors (Lipinski definition) is 2. The van der Waals surface area contributed by atoms with Crippen molar-refractivity contribution in [2.45, 2.75) is 110 Å². The van der Waals surface area contributed by atoms with Gasteiger partial charge in [0.1, 0.15) is 0 Å². The van der Waals surface area contributed by atoms with Gasteiger partial charge in [-0.3, -0.25) is 9.80 Å². The van der Waals surface area contributed by atoms with Crippen molar-refractivity contribution in [3.63, 3.8) is 0 Å². The molecule has 0 bridgehead atoms. The molecule has 2 aliphatic heterocycles. The molecule has 1 spiro atoms. The number of piperidine rings is 1. The second-order valence-electron chi connectivity index (χ2n) is 9.73. The molecule has 0 amide bonds. The monoisotopic (exact) mass is 420 g/mol. The summed E-state index contributed by atoms with van der Waals surface area (Å²) in [7, 11) is 0. The minimum atomic E-state index is 0. The van der Waals surface area contributed by atoms with E-state index in [1.165, 1.54) is 110 Å². The maximum Gasteiger partial charge on any atom is 0.0622 e. The quantitative estimate of drug-likeness (QED) is 0.441. The smallest absolute Gasteiger partial charge is 0.0622 e. The SMILES string of the molecule is CCCN1CCCCC1N1CCC2(CCC(CCC)(CCC)CC2)C1.Cl.Cl. The van der Waals surface area contributed by atoms with Crippen molar-refractivity contribution in [3.8, 4) is 0 Å².